The fourth-order valence-corrected chi connectivity index (χ4v) is 0.564. The van der Waals surface area contributed by atoms with E-state index in [-0.39, 0.29) is 19.8 Å². The summed E-state index contributed by atoms with van der Waals surface area (Å²) in [5.41, 5.74) is 5.02. The van der Waals surface area contributed by atoms with Gasteiger partial charge in [0.15, 0.2) is 0 Å². The van der Waals surface area contributed by atoms with Crippen LogP contribution in [0, 0.1) is 0 Å². The molecule has 5 heteroatoms. The molecular formula is C7H16FNO3. The Balaban J connectivity index is 2.90. The van der Waals surface area contributed by atoms with E-state index in [9.17, 15) is 4.39 Å². The number of alkyl halides is 1. The molecule has 1 unspecified atom stereocenters. The van der Waals surface area contributed by atoms with Gasteiger partial charge in [0, 0.05) is 6.54 Å². The lowest BCUT2D eigenvalue weighted by Gasteiger charge is -2.06. The zero-order valence-corrected chi connectivity index (χ0v) is 7.04. The van der Waals surface area contributed by atoms with Crippen LogP contribution in [-0.2, 0) is 9.47 Å². The molecular weight excluding hydrogens is 165 g/mol. The normalized spacial score (nSPS) is 13.2. The minimum atomic E-state index is -1.09. The lowest BCUT2D eigenvalue weighted by molar-refractivity contribution is 0.0177. The van der Waals surface area contributed by atoms with Gasteiger partial charge in [-0.2, -0.15) is 0 Å². The summed E-state index contributed by atoms with van der Waals surface area (Å²) in [5.74, 6) is 0. The molecule has 0 rings (SSSR count). The maximum absolute atomic E-state index is 12.4. The van der Waals surface area contributed by atoms with Crippen molar-refractivity contribution in [3.8, 4) is 0 Å². The van der Waals surface area contributed by atoms with Crippen molar-refractivity contribution < 1.29 is 19.0 Å². The van der Waals surface area contributed by atoms with Crippen molar-refractivity contribution in [2.75, 3.05) is 39.6 Å². The van der Waals surface area contributed by atoms with Crippen LogP contribution in [0.4, 0.5) is 4.39 Å². The highest BCUT2D eigenvalue weighted by Gasteiger charge is 2.01. The molecule has 0 bridgehead atoms. The Labute approximate surface area is 71.5 Å². The number of hydrogen-bond donors (Lipinski definition) is 2. The molecule has 0 aliphatic heterocycles. The molecule has 0 spiro atoms. The molecule has 0 amide bonds. The number of aliphatic hydroxyl groups is 1. The van der Waals surface area contributed by atoms with E-state index in [1.807, 2.05) is 0 Å². The van der Waals surface area contributed by atoms with Gasteiger partial charge >= 0.3 is 0 Å². The monoisotopic (exact) mass is 181 g/mol. The average Bonchev–Trinajstić information content (AvgIpc) is 2.10. The summed E-state index contributed by atoms with van der Waals surface area (Å²) >= 11 is 0. The van der Waals surface area contributed by atoms with Gasteiger partial charge in [-0.1, -0.05) is 0 Å². The Hall–Kier alpha value is -0.230. The van der Waals surface area contributed by atoms with Crippen LogP contribution in [0.1, 0.15) is 0 Å². The molecule has 0 aromatic rings. The van der Waals surface area contributed by atoms with E-state index < -0.39 is 6.17 Å². The van der Waals surface area contributed by atoms with Crippen LogP contribution >= 0.6 is 0 Å². The Morgan fingerprint density at radius 1 is 1.25 bits per heavy atom. The molecule has 3 N–H and O–H groups in total. The molecule has 0 fully saturated rings. The largest absolute Gasteiger partial charge is 0.394 e. The lowest BCUT2D eigenvalue weighted by Crippen LogP contribution is -2.22. The van der Waals surface area contributed by atoms with E-state index in [1.54, 1.807) is 0 Å². The van der Waals surface area contributed by atoms with Crippen molar-refractivity contribution >= 4 is 0 Å². The number of aliphatic hydroxyl groups excluding tert-OH is 1. The van der Waals surface area contributed by atoms with Crippen LogP contribution in [0.5, 0.6) is 0 Å². The van der Waals surface area contributed by atoms with E-state index in [4.69, 9.17) is 20.3 Å². The zero-order chi connectivity index (χ0) is 9.23. The van der Waals surface area contributed by atoms with E-state index in [1.165, 1.54) is 0 Å². The number of rotatable bonds is 8. The van der Waals surface area contributed by atoms with Crippen molar-refractivity contribution in [3.63, 3.8) is 0 Å². The first kappa shape index (κ1) is 11.8. The minimum absolute atomic E-state index is 0.00542. The maximum atomic E-state index is 12.4. The quantitative estimate of drug-likeness (QED) is 0.486. The van der Waals surface area contributed by atoms with Crippen molar-refractivity contribution in [3.05, 3.63) is 0 Å². The number of nitrogens with two attached hydrogens (primary N) is 1. The molecule has 12 heavy (non-hydrogen) atoms. The number of hydrogen-bond acceptors (Lipinski definition) is 4. The maximum Gasteiger partial charge on any atom is 0.135 e. The highest BCUT2D eigenvalue weighted by molar-refractivity contribution is 4.52. The third kappa shape index (κ3) is 7.87. The molecule has 0 aliphatic carbocycles. The summed E-state index contributed by atoms with van der Waals surface area (Å²) in [6.07, 6.45) is -1.09. The zero-order valence-electron chi connectivity index (χ0n) is 7.04. The first-order valence-electron chi connectivity index (χ1n) is 3.91. The van der Waals surface area contributed by atoms with Crippen molar-refractivity contribution in [2.45, 2.75) is 6.17 Å². The van der Waals surface area contributed by atoms with E-state index >= 15 is 0 Å². The van der Waals surface area contributed by atoms with E-state index in [0.717, 1.165) is 0 Å². The van der Waals surface area contributed by atoms with Gasteiger partial charge in [-0.3, -0.25) is 0 Å². The summed E-state index contributed by atoms with van der Waals surface area (Å²) in [7, 11) is 0. The standard InChI is InChI=1S/C7H16FNO3/c8-7(5-9)6-12-4-3-11-2-1-10/h7,10H,1-6,9H2. The number of ether oxygens (including phenoxy) is 2. The second kappa shape index (κ2) is 8.86. The predicted molar refractivity (Wildman–Crippen MR) is 42.7 cm³/mol. The molecule has 0 aliphatic rings. The second-order valence-electron chi connectivity index (χ2n) is 2.24. The van der Waals surface area contributed by atoms with Gasteiger partial charge in [0.25, 0.3) is 0 Å². The smallest absolute Gasteiger partial charge is 0.135 e. The predicted octanol–water partition coefficient (Wildman–Crippen LogP) is -0.691. The minimum Gasteiger partial charge on any atom is -0.394 e. The van der Waals surface area contributed by atoms with Gasteiger partial charge in [-0.15, -0.1) is 0 Å². The molecule has 0 saturated carbocycles. The van der Waals surface area contributed by atoms with Crippen molar-refractivity contribution in [2.24, 2.45) is 5.73 Å². The van der Waals surface area contributed by atoms with Crippen LogP contribution in [0.3, 0.4) is 0 Å². The summed E-state index contributed by atoms with van der Waals surface area (Å²) in [4.78, 5) is 0. The molecule has 74 valence electrons. The van der Waals surface area contributed by atoms with Crippen LogP contribution in [-0.4, -0.2) is 50.9 Å². The average molecular weight is 181 g/mol. The Bertz CT molecular complexity index is 94.7. The Morgan fingerprint density at radius 2 is 1.92 bits per heavy atom. The molecule has 4 nitrogen and oxygen atoms in total. The summed E-state index contributed by atoms with van der Waals surface area (Å²) in [6, 6.07) is 0. The molecule has 0 aromatic carbocycles. The summed E-state index contributed by atoms with van der Waals surface area (Å²) in [5, 5.41) is 8.31. The first-order chi connectivity index (χ1) is 5.81. The van der Waals surface area contributed by atoms with Crippen molar-refractivity contribution in [1.82, 2.24) is 0 Å². The van der Waals surface area contributed by atoms with Gasteiger partial charge < -0.3 is 20.3 Å². The number of halogens is 1. The second-order valence-corrected chi connectivity index (χ2v) is 2.24. The van der Waals surface area contributed by atoms with Crippen LogP contribution < -0.4 is 5.73 Å². The SMILES string of the molecule is NCC(F)COCCOCCO. The fraction of sp³-hybridized carbons (Fsp3) is 1.00. The van der Waals surface area contributed by atoms with E-state index in [0.29, 0.717) is 19.8 Å². The van der Waals surface area contributed by atoms with E-state index in [2.05, 4.69) is 0 Å². The van der Waals surface area contributed by atoms with Crippen LogP contribution in [0.2, 0.25) is 0 Å². The van der Waals surface area contributed by atoms with Gasteiger partial charge in [0.1, 0.15) is 6.17 Å². The lowest BCUT2D eigenvalue weighted by atomic mass is 10.4. The first-order valence-corrected chi connectivity index (χ1v) is 3.91. The third-order valence-corrected chi connectivity index (χ3v) is 1.16. The highest BCUT2D eigenvalue weighted by Crippen LogP contribution is 1.88. The highest BCUT2D eigenvalue weighted by atomic mass is 19.1. The fourth-order valence-electron chi connectivity index (χ4n) is 0.564. The van der Waals surface area contributed by atoms with Gasteiger partial charge in [-0.05, 0) is 0 Å². The van der Waals surface area contributed by atoms with Gasteiger partial charge in [0.05, 0.1) is 33.0 Å². The van der Waals surface area contributed by atoms with Gasteiger partial charge in [0.2, 0.25) is 0 Å². The van der Waals surface area contributed by atoms with Crippen LogP contribution in [0.15, 0.2) is 0 Å². The molecule has 0 aromatic heterocycles. The summed E-state index contributed by atoms with van der Waals surface area (Å²) in [6.45, 7) is 0.989. The summed E-state index contributed by atoms with van der Waals surface area (Å²) < 4.78 is 22.1. The van der Waals surface area contributed by atoms with Crippen molar-refractivity contribution in [1.29, 1.82) is 0 Å². The van der Waals surface area contributed by atoms with Gasteiger partial charge in [-0.25, -0.2) is 4.39 Å². The molecule has 1 atom stereocenters. The Morgan fingerprint density at radius 3 is 2.50 bits per heavy atom. The topological polar surface area (TPSA) is 64.7 Å². The van der Waals surface area contributed by atoms with Crippen LogP contribution in [0.25, 0.3) is 0 Å². The molecule has 0 radical (unpaired) electrons. The third-order valence-electron chi connectivity index (χ3n) is 1.16. The Kier molecular flexibility index (Phi) is 8.69. The molecule has 0 saturated heterocycles. The molecule has 0 heterocycles.